The molecule has 22 heavy (non-hydrogen) atoms. The van der Waals surface area contributed by atoms with E-state index in [4.69, 9.17) is 0 Å². The number of carbonyl (C=O) groups is 1. The molecule has 1 aromatic heterocycles. The maximum Gasteiger partial charge on any atom is 0.343 e. The van der Waals surface area contributed by atoms with Crippen LogP contribution in [0, 0.1) is 12.7 Å². The Morgan fingerprint density at radius 1 is 1.27 bits per heavy atom. The lowest BCUT2D eigenvalue weighted by atomic mass is 10.1. The first kappa shape index (κ1) is 15.9. The third-order valence-electron chi connectivity index (χ3n) is 3.61. The number of carbonyl (C=O) groups excluding carboxylic acids is 1. The number of aromatic nitrogens is 1. The van der Waals surface area contributed by atoms with Gasteiger partial charge in [0.05, 0.1) is 13.7 Å². The summed E-state index contributed by atoms with van der Waals surface area (Å²) in [6.07, 6.45) is 0.656. The zero-order valence-electron chi connectivity index (χ0n) is 12.9. The predicted molar refractivity (Wildman–Crippen MR) is 81.7 cm³/mol. The molecule has 0 aliphatic carbocycles. The number of nitrogens with zero attached hydrogens (tertiary/aromatic N) is 1. The highest BCUT2D eigenvalue weighted by Crippen LogP contribution is 2.12. The van der Waals surface area contributed by atoms with Crippen molar-refractivity contribution < 1.29 is 13.9 Å². The number of rotatable bonds is 4. The molecule has 0 unspecified atom stereocenters. The first-order valence-electron chi connectivity index (χ1n) is 7.04. The molecule has 0 bridgehead atoms. The lowest BCUT2D eigenvalue weighted by molar-refractivity contribution is 0.0597. The van der Waals surface area contributed by atoms with Crippen molar-refractivity contribution >= 4 is 5.97 Å². The summed E-state index contributed by atoms with van der Waals surface area (Å²) in [5.41, 5.74) is 2.11. The standard InChI is InChI=1S/C17H18FNO3/c1-4-15-11(2)9-14(17(21)22-3)16(20)19(15)10-12-5-7-13(18)8-6-12/h5-9H,4,10H2,1-3H3. The van der Waals surface area contributed by atoms with Crippen molar-refractivity contribution in [3.05, 3.63) is 68.9 Å². The summed E-state index contributed by atoms with van der Waals surface area (Å²) in [4.78, 5) is 24.3. The second kappa shape index (κ2) is 6.56. The van der Waals surface area contributed by atoms with Crippen LogP contribution in [0.2, 0.25) is 0 Å². The molecule has 2 rings (SSSR count). The summed E-state index contributed by atoms with van der Waals surface area (Å²) in [6, 6.07) is 7.52. The van der Waals surface area contributed by atoms with E-state index >= 15 is 0 Å². The molecule has 2 aromatic rings. The molecule has 0 saturated carbocycles. The molecule has 0 N–H and O–H groups in total. The van der Waals surface area contributed by atoms with Gasteiger partial charge in [0.25, 0.3) is 5.56 Å². The lowest BCUT2D eigenvalue weighted by Crippen LogP contribution is -2.30. The number of benzene rings is 1. The molecule has 116 valence electrons. The van der Waals surface area contributed by atoms with E-state index in [1.54, 1.807) is 22.8 Å². The number of ether oxygens (including phenoxy) is 1. The van der Waals surface area contributed by atoms with Gasteiger partial charge in [-0.25, -0.2) is 9.18 Å². The Morgan fingerprint density at radius 2 is 1.91 bits per heavy atom. The topological polar surface area (TPSA) is 48.3 Å². The highest BCUT2D eigenvalue weighted by molar-refractivity contribution is 5.89. The maximum absolute atomic E-state index is 13.0. The van der Waals surface area contributed by atoms with Gasteiger partial charge in [-0.15, -0.1) is 0 Å². The van der Waals surface area contributed by atoms with Crippen molar-refractivity contribution in [2.24, 2.45) is 0 Å². The van der Waals surface area contributed by atoms with Gasteiger partial charge in [-0.05, 0) is 42.7 Å². The number of pyridine rings is 1. The van der Waals surface area contributed by atoms with Gasteiger partial charge in [-0.1, -0.05) is 19.1 Å². The number of aryl methyl sites for hydroxylation is 1. The summed E-state index contributed by atoms with van der Waals surface area (Å²) in [5.74, 6) is -0.977. The molecule has 0 fully saturated rings. The smallest absolute Gasteiger partial charge is 0.343 e. The van der Waals surface area contributed by atoms with Crippen LogP contribution in [0.5, 0.6) is 0 Å². The van der Waals surface area contributed by atoms with Crippen LogP contribution in [0.1, 0.15) is 34.1 Å². The summed E-state index contributed by atoms with van der Waals surface area (Å²) in [7, 11) is 1.25. The largest absolute Gasteiger partial charge is 0.465 e. The summed E-state index contributed by atoms with van der Waals surface area (Å²) in [6.45, 7) is 4.08. The van der Waals surface area contributed by atoms with Crippen molar-refractivity contribution in [1.82, 2.24) is 4.57 Å². The number of esters is 1. The Labute approximate surface area is 128 Å². The van der Waals surface area contributed by atoms with Crippen molar-refractivity contribution in [2.75, 3.05) is 7.11 Å². The quantitative estimate of drug-likeness (QED) is 0.816. The molecule has 0 atom stereocenters. The number of hydrogen-bond acceptors (Lipinski definition) is 3. The molecule has 1 aromatic carbocycles. The SMILES string of the molecule is CCc1c(C)cc(C(=O)OC)c(=O)n1Cc1ccc(F)cc1. The van der Waals surface area contributed by atoms with E-state index in [1.807, 2.05) is 13.8 Å². The van der Waals surface area contributed by atoms with Crippen LogP contribution in [0.4, 0.5) is 4.39 Å². The number of methoxy groups -OCH3 is 1. The van der Waals surface area contributed by atoms with E-state index < -0.39 is 11.5 Å². The molecule has 0 aliphatic rings. The van der Waals surface area contributed by atoms with Crippen LogP contribution < -0.4 is 5.56 Å². The summed E-state index contributed by atoms with van der Waals surface area (Å²) < 4.78 is 19.2. The molecule has 4 nitrogen and oxygen atoms in total. The Bertz CT molecular complexity index is 748. The Hall–Kier alpha value is -2.43. The molecule has 0 radical (unpaired) electrons. The second-order valence-electron chi connectivity index (χ2n) is 5.05. The minimum atomic E-state index is -0.649. The van der Waals surface area contributed by atoms with Gasteiger partial charge >= 0.3 is 5.97 Å². The van der Waals surface area contributed by atoms with Crippen molar-refractivity contribution in [3.63, 3.8) is 0 Å². The van der Waals surface area contributed by atoms with Crippen LogP contribution in [0.3, 0.4) is 0 Å². The molecule has 0 saturated heterocycles. The fourth-order valence-electron chi connectivity index (χ4n) is 2.51. The predicted octanol–water partition coefficient (Wildman–Crippen LogP) is 2.69. The van der Waals surface area contributed by atoms with Gasteiger partial charge in [0.1, 0.15) is 11.4 Å². The highest BCUT2D eigenvalue weighted by Gasteiger charge is 2.17. The molecule has 0 amide bonds. The van der Waals surface area contributed by atoms with Crippen LogP contribution in [-0.2, 0) is 17.7 Å². The molecule has 0 spiro atoms. The van der Waals surface area contributed by atoms with Crippen molar-refractivity contribution in [1.29, 1.82) is 0 Å². The van der Waals surface area contributed by atoms with E-state index in [-0.39, 0.29) is 17.9 Å². The minimum Gasteiger partial charge on any atom is -0.465 e. The fourth-order valence-corrected chi connectivity index (χ4v) is 2.51. The van der Waals surface area contributed by atoms with Gasteiger partial charge in [-0.3, -0.25) is 4.79 Å². The third-order valence-corrected chi connectivity index (χ3v) is 3.61. The number of halogens is 1. The first-order chi connectivity index (χ1) is 10.5. The van der Waals surface area contributed by atoms with Crippen LogP contribution >= 0.6 is 0 Å². The average molecular weight is 303 g/mol. The molecule has 1 heterocycles. The normalized spacial score (nSPS) is 10.5. The lowest BCUT2D eigenvalue weighted by Gasteiger charge is -2.16. The van der Waals surface area contributed by atoms with Crippen LogP contribution in [0.25, 0.3) is 0 Å². The van der Waals surface area contributed by atoms with Crippen LogP contribution in [0.15, 0.2) is 35.1 Å². The highest BCUT2D eigenvalue weighted by atomic mass is 19.1. The minimum absolute atomic E-state index is 0.0133. The van der Waals surface area contributed by atoms with Crippen LogP contribution in [-0.4, -0.2) is 17.6 Å². The van der Waals surface area contributed by atoms with Crippen molar-refractivity contribution in [3.8, 4) is 0 Å². The summed E-state index contributed by atoms with van der Waals surface area (Å²) >= 11 is 0. The van der Waals surface area contributed by atoms with Gasteiger partial charge in [0, 0.05) is 5.69 Å². The zero-order valence-corrected chi connectivity index (χ0v) is 12.9. The van der Waals surface area contributed by atoms with Gasteiger partial charge in [0.2, 0.25) is 0 Å². The summed E-state index contributed by atoms with van der Waals surface area (Å²) in [5, 5.41) is 0. The van der Waals surface area contributed by atoms with E-state index in [0.717, 1.165) is 16.8 Å². The maximum atomic E-state index is 13.0. The molecule has 0 aliphatic heterocycles. The van der Waals surface area contributed by atoms with Crippen molar-refractivity contribution in [2.45, 2.75) is 26.8 Å². The van der Waals surface area contributed by atoms with E-state index in [1.165, 1.54) is 19.2 Å². The van der Waals surface area contributed by atoms with Gasteiger partial charge < -0.3 is 9.30 Å². The molecular weight excluding hydrogens is 285 g/mol. The zero-order chi connectivity index (χ0) is 16.3. The second-order valence-corrected chi connectivity index (χ2v) is 5.05. The fraction of sp³-hybridized carbons (Fsp3) is 0.294. The van der Waals surface area contributed by atoms with E-state index in [2.05, 4.69) is 4.74 Å². The molecular formula is C17H18FNO3. The monoisotopic (exact) mass is 303 g/mol. The first-order valence-corrected chi connectivity index (χ1v) is 7.04. The van der Waals surface area contributed by atoms with Gasteiger partial charge in [0.15, 0.2) is 0 Å². The van der Waals surface area contributed by atoms with E-state index in [9.17, 15) is 14.0 Å². The third kappa shape index (κ3) is 3.08. The average Bonchev–Trinajstić information content (AvgIpc) is 2.52. The molecule has 5 heteroatoms. The van der Waals surface area contributed by atoms with E-state index in [0.29, 0.717) is 6.42 Å². The number of hydrogen-bond donors (Lipinski definition) is 0. The van der Waals surface area contributed by atoms with Gasteiger partial charge in [-0.2, -0.15) is 0 Å². The Kier molecular flexibility index (Phi) is 4.75. The Balaban J connectivity index is 2.57. The Morgan fingerprint density at radius 3 is 2.45 bits per heavy atom.